The van der Waals surface area contributed by atoms with Crippen molar-refractivity contribution < 1.29 is 14.2 Å². The minimum Gasteiger partial charge on any atom is -0.491 e. The lowest BCUT2D eigenvalue weighted by atomic mass is 9.29. The molecule has 5 aliphatic carbocycles. The quantitative estimate of drug-likeness (QED) is 0.317. The Morgan fingerprint density at radius 1 is 0.833 bits per heavy atom. The molecule has 5 nitrogen and oxygen atoms in total. The van der Waals surface area contributed by atoms with Crippen molar-refractivity contribution in [3.05, 3.63) is 173 Å². The topological polar surface area (TPSA) is 34.2 Å². The highest BCUT2D eigenvalue weighted by Crippen LogP contribution is 2.56. The highest BCUT2D eigenvalue weighted by atomic mass is 16.5. The molecule has 6 heteroatoms. The van der Waals surface area contributed by atoms with Crippen LogP contribution in [0.15, 0.2) is 173 Å². The second-order valence-electron chi connectivity index (χ2n) is 14.0. The van der Waals surface area contributed by atoms with Gasteiger partial charge in [0.1, 0.15) is 29.5 Å². The third-order valence-electron chi connectivity index (χ3n) is 11.5. The molecule has 1 saturated heterocycles. The van der Waals surface area contributed by atoms with E-state index in [2.05, 4.69) is 131 Å². The molecule has 4 heterocycles. The van der Waals surface area contributed by atoms with Gasteiger partial charge < -0.3 is 24.0 Å². The number of ether oxygens (including phenoxy) is 3. The molecule has 11 rings (SSSR count). The molecule has 234 valence electrons. The van der Waals surface area contributed by atoms with Crippen LogP contribution in [0.1, 0.15) is 32.1 Å². The van der Waals surface area contributed by atoms with Crippen LogP contribution in [0.25, 0.3) is 0 Å². The molecule has 0 aromatic heterocycles. The van der Waals surface area contributed by atoms with Crippen molar-refractivity contribution in [3.8, 4) is 5.75 Å². The zero-order valence-corrected chi connectivity index (χ0v) is 26.7. The highest BCUT2D eigenvalue weighted by molar-refractivity contribution is 6.83. The molecule has 9 aliphatic rings. The van der Waals surface area contributed by atoms with Gasteiger partial charge >= 0.3 is 0 Å². The third kappa shape index (κ3) is 3.74. The fraction of sp³-hybridized carbons (Fsp3) is 0.238. The largest absolute Gasteiger partial charge is 0.491 e. The van der Waals surface area contributed by atoms with E-state index in [-0.39, 0.29) is 36.7 Å². The summed E-state index contributed by atoms with van der Waals surface area (Å²) < 4.78 is 20.6. The fourth-order valence-electron chi connectivity index (χ4n) is 9.49. The molecule has 0 bridgehead atoms. The van der Waals surface area contributed by atoms with Gasteiger partial charge in [0.2, 0.25) is 6.71 Å². The Hall–Kier alpha value is -5.10. The van der Waals surface area contributed by atoms with Crippen LogP contribution >= 0.6 is 0 Å². The molecule has 4 aliphatic heterocycles. The Bertz CT molecular complexity index is 2090. The predicted octanol–water partition coefficient (Wildman–Crippen LogP) is 7.91. The van der Waals surface area contributed by atoms with Gasteiger partial charge in [-0.15, -0.1) is 0 Å². The lowest BCUT2D eigenvalue weighted by Gasteiger charge is -2.46. The molecule has 48 heavy (non-hydrogen) atoms. The molecule has 5 unspecified atom stereocenters. The summed E-state index contributed by atoms with van der Waals surface area (Å²) in [4.78, 5) is 5.05. The first-order valence-corrected chi connectivity index (χ1v) is 17.6. The number of benzene rings is 2. The molecule has 2 aromatic carbocycles. The van der Waals surface area contributed by atoms with Crippen molar-refractivity contribution in [2.24, 2.45) is 5.92 Å². The van der Waals surface area contributed by atoms with Crippen molar-refractivity contribution in [1.82, 2.24) is 4.90 Å². The number of rotatable bonds is 2. The lowest BCUT2D eigenvalue weighted by Crippen LogP contribution is -2.52. The average molecular weight is 627 g/mol. The molecule has 0 N–H and O–H groups in total. The summed E-state index contributed by atoms with van der Waals surface area (Å²) in [7, 11) is 0. The van der Waals surface area contributed by atoms with Crippen LogP contribution < -0.4 is 15.1 Å². The Morgan fingerprint density at radius 2 is 1.71 bits per heavy atom. The number of anilines is 1. The third-order valence-corrected chi connectivity index (χ3v) is 11.5. The SMILES string of the molecule is C1=CCC2OC3=C(CCC=C3)N(C3=CC4C(C=C3)C3=CC5OC6=C(C=CCC6)B6c7ccccc7OC(=C3N4c3ccccc3)C65)C2=C1. The lowest BCUT2D eigenvalue weighted by molar-refractivity contribution is 0.103. The number of hydrogen-bond acceptors (Lipinski definition) is 5. The van der Waals surface area contributed by atoms with Crippen LogP contribution in [-0.4, -0.2) is 29.9 Å². The zero-order valence-electron chi connectivity index (χ0n) is 26.7. The van der Waals surface area contributed by atoms with Crippen LogP contribution in [0, 0.1) is 5.92 Å². The first-order chi connectivity index (χ1) is 23.8. The van der Waals surface area contributed by atoms with E-state index >= 15 is 0 Å². The van der Waals surface area contributed by atoms with Crippen molar-refractivity contribution in [3.63, 3.8) is 0 Å². The van der Waals surface area contributed by atoms with Crippen LogP contribution in [0.4, 0.5) is 5.69 Å². The summed E-state index contributed by atoms with van der Waals surface area (Å²) in [6.45, 7) is 0.198. The second-order valence-corrected chi connectivity index (χ2v) is 14.0. The van der Waals surface area contributed by atoms with E-state index in [1.807, 2.05) is 0 Å². The van der Waals surface area contributed by atoms with E-state index in [1.165, 1.54) is 45.0 Å². The van der Waals surface area contributed by atoms with Gasteiger partial charge in [-0.25, -0.2) is 0 Å². The van der Waals surface area contributed by atoms with E-state index in [4.69, 9.17) is 14.2 Å². The van der Waals surface area contributed by atoms with Gasteiger partial charge in [-0.2, -0.15) is 0 Å². The number of fused-ring (bicyclic) bond motifs is 7. The molecule has 0 spiro atoms. The van der Waals surface area contributed by atoms with E-state index in [1.54, 1.807) is 0 Å². The summed E-state index contributed by atoms with van der Waals surface area (Å²) in [6, 6.07) is 19.6. The standard InChI is InChI=1S/C42H35BN2O3/c1-2-12-26(13-3-1)45-34-24-27(44-32-16-6-10-20-37(32)47-38-21-11-7-17-33(38)44)22-23-28(34)29-25-39-40-42(41(29)45)48-36-19-9-5-15-31(36)43(40)30-14-4-8-18-35(30)46-39/h1-6,9-16,19,21-25,28,34,37,39-40H,7-8,17-18,20H2. The van der Waals surface area contributed by atoms with Gasteiger partial charge in [-0.05, 0) is 84.4 Å². The Kier molecular flexibility index (Phi) is 5.72. The molecule has 0 radical (unpaired) electrons. The van der Waals surface area contributed by atoms with E-state index < -0.39 is 0 Å². The molecule has 1 fully saturated rings. The first kappa shape index (κ1) is 26.9. The van der Waals surface area contributed by atoms with Crippen LogP contribution in [0.5, 0.6) is 5.75 Å². The molecular formula is C42H35BN2O3. The highest BCUT2D eigenvalue weighted by Gasteiger charge is 2.56. The van der Waals surface area contributed by atoms with E-state index in [0.717, 1.165) is 55.1 Å². The van der Waals surface area contributed by atoms with Crippen molar-refractivity contribution >= 4 is 17.9 Å². The maximum Gasteiger partial charge on any atom is 0.234 e. The summed E-state index contributed by atoms with van der Waals surface area (Å²) in [5, 5.41) is 0. The van der Waals surface area contributed by atoms with E-state index in [9.17, 15) is 0 Å². The average Bonchev–Trinajstić information content (AvgIpc) is 3.47. The fourth-order valence-corrected chi connectivity index (χ4v) is 9.49. The van der Waals surface area contributed by atoms with E-state index in [0.29, 0.717) is 0 Å². The van der Waals surface area contributed by atoms with Crippen molar-refractivity contribution in [1.29, 1.82) is 0 Å². The Morgan fingerprint density at radius 3 is 2.67 bits per heavy atom. The number of hydrogen-bond donors (Lipinski definition) is 0. The first-order valence-electron chi connectivity index (χ1n) is 17.6. The van der Waals surface area contributed by atoms with Gasteiger partial charge in [0.05, 0.1) is 28.9 Å². The van der Waals surface area contributed by atoms with Gasteiger partial charge in [-0.3, -0.25) is 0 Å². The second kappa shape index (κ2) is 10.2. The molecule has 2 aromatic rings. The summed E-state index contributed by atoms with van der Waals surface area (Å²) in [6.07, 6.45) is 30.2. The predicted molar refractivity (Wildman–Crippen MR) is 189 cm³/mol. The minimum absolute atomic E-state index is 0.0213. The van der Waals surface area contributed by atoms with Gasteiger partial charge in [0.25, 0.3) is 0 Å². The Labute approximate surface area is 281 Å². The van der Waals surface area contributed by atoms with Crippen molar-refractivity contribution in [2.75, 3.05) is 4.90 Å². The maximum atomic E-state index is 7.08. The van der Waals surface area contributed by atoms with Crippen LogP contribution in [-0.2, 0) is 9.47 Å². The molecule has 5 atom stereocenters. The Balaban J connectivity index is 1.11. The summed E-state index contributed by atoms with van der Waals surface area (Å²) in [5.74, 6) is 4.40. The molecule has 0 saturated carbocycles. The monoisotopic (exact) mass is 626 g/mol. The van der Waals surface area contributed by atoms with Gasteiger partial charge in [0, 0.05) is 36.0 Å². The molecular weight excluding hydrogens is 591 g/mol. The normalized spacial score (nSPS) is 30.0. The van der Waals surface area contributed by atoms with Gasteiger partial charge in [-0.1, -0.05) is 72.9 Å². The summed E-state index contributed by atoms with van der Waals surface area (Å²) >= 11 is 0. The molecule has 0 amide bonds. The minimum atomic E-state index is -0.0709. The smallest absolute Gasteiger partial charge is 0.234 e. The number of nitrogens with zero attached hydrogens (tertiary/aromatic N) is 2. The summed E-state index contributed by atoms with van der Waals surface area (Å²) in [5.41, 5.74) is 9.96. The number of allylic oxidation sites excluding steroid dienone is 11. The van der Waals surface area contributed by atoms with Gasteiger partial charge in [0.15, 0.2) is 0 Å². The van der Waals surface area contributed by atoms with Crippen LogP contribution in [0.2, 0.25) is 5.82 Å². The van der Waals surface area contributed by atoms with Crippen molar-refractivity contribution in [2.45, 2.75) is 56.2 Å². The maximum absolute atomic E-state index is 7.08. The number of para-hydroxylation sites is 2. The zero-order chi connectivity index (χ0) is 31.3. The van der Waals surface area contributed by atoms with Crippen LogP contribution in [0.3, 0.4) is 0 Å².